The first-order valence-electron chi connectivity index (χ1n) is 9.31. The maximum absolute atomic E-state index is 14.5. The lowest BCUT2D eigenvalue weighted by Crippen LogP contribution is -2.30. The van der Waals surface area contributed by atoms with Gasteiger partial charge < -0.3 is 5.32 Å². The summed E-state index contributed by atoms with van der Waals surface area (Å²) in [5, 5.41) is 2.49. The Kier molecular flexibility index (Phi) is 5.35. The van der Waals surface area contributed by atoms with Gasteiger partial charge in [-0.3, -0.25) is 4.79 Å². The number of fused-ring (bicyclic) bond motifs is 1. The molecule has 1 atom stereocenters. The summed E-state index contributed by atoms with van der Waals surface area (Å²) >= 11 is 5.74. The van der Waals surface area contributed by atoms with E-state index in [4.69, 9.17) is 11.6 Å². The van der Waals surface area contributed by atoms with Crippen LogP contribution < -0.4 is 10.0 Å². The van der Waals surface area contributed by atoms with Crippen molar-refractivity contribution in [3.05, 3.63) is 63.7 Å². The SMILES string of the molecule is O=C(Nc1ccc(F)c(Cl)c1)c1ccc(F)c2c1CC[C@@H]2NS(=O)(=O)CC1CC1. The predicted octanol–water partition coefficient (Wildman–Crippen LogP) is 4.19. The van der Waals surface area contributed by atoms with E-state index in [1.165, 1.54) is 24.3 Å². The molecule has 0 aliphatic heterocycles. The number of carbonyl (C=O) groups is 1. The molecule has 4 rings (SSSR count). The topological polar surface area (TPSA) is 75.3 Å². The molecule has 0 radical (unpaired) electrons. The van der Waals surface area contributed by atoms with Gasteiger partial charge in [-0.25, -0.2) is 21.9 Å². The molecule has 29 heavy (non-hydrogen) atoms. The van der Waals surface area contributed by atoms with Gasteiger partial charge in [-0.15, -0.1) is 0 Å². The highest BCUT2D eigenvalue weighted by molar-refractivity contribution is 7.89. The van der Waals surface area contributed by atoms with Gasteiger partial charge in [0.05, 0.1) is 16.8 Å². The third-order valence-corrected chi connectivity index (χ3v) is 7.07. The van der Waals surface area contributed by atoms with Crippen molar-refractivity contribution in [1.29, 1.82) is 0 Å². The number of sulfonamides is 1. The first-order valence-corrected chi connectivity index (χ1v) is 11.3. The molecular weight excluding hydrogens is 422 g/mol. The molecule has 0 spiro atoms. The minimum atomic E-state index is -3.52. The van der Waals surface area contributed by atoms with Gasteiger partial charge in [-0.2, -0.15) is 0 Å². The van der Waals surface area contributed by atoms with E-state index in [2.05, 4.69) is 10.0 Å². The molecular formula is C20H19ClF2N2O3S. The summed E-state index contributed by atoms with van der Waals surface area (Å²) < 4.78 is 55.1. The zero-order valence-electron chi connectivity index (χ0n) is 15.3. The van der Waals surface area contributed by atoms with Crippen molar-refractivity contribution in [2.45, 2.75) is 31.7 Å². The molecule has 9 heteroatoms. The fraction of sp³-hybridized carbons (Fsp3) is 0.350. The minimum absolute atomic E-state index is 0.0476. The number of rotatable bonds is 6. The summed E-state index contributed by atoms with van der Waals surface area (Å²) in [5.41, 5.74) is 1.26. The number of anilines is 1. The molecule has 0 saturated heterocycles. The van der Waals surface area contributed by atoms with Gasteiger partial charge in [-0.05, 0) is 67.5 Å². The molecule has 2 aliphatic rings. The zero-order chi connectivity index (χ0) is 20.8. The Morgan fingerprint density at radius 2 is 1.83 bits per heavy atom. The van der Waals surface area contributed by atoms with Crippen molar-refractivity contribution in [2.24, 2.45) is 5.92 Å². The lowest BCUT2D eigenvalue weighted by molar-refractivity contribution is 0.102. The lowest BCUT2D eigenvalue weighted by atomic mass is 10.0. The summed E-state index contributed by atoms with van der Waals surface area (Å²) in [5.74, 6) is -1.42. The average Bonchev–Trinajstić information content (AvgIpc) is 3.35. The van der Waals surface area contributed by atoms with Crippen LogP contribution in [0.25, 0.3) is 0 Å². The molecule has 2 aliphatic carbocycles. The van der Waals surface area contributed by atoms with E-state index in [0.717, 1.165) is 18.9 Å². The number of amides is 1. The van der Waals surface area contributed by atoms with Crippen molar-refractivity contribution >= 4 is 33.2 Å². The molecule has 0 aromatic heterocycles. The lowest BCUT2D eigenvalue weighted by Gasteiger charge is -2.16. The third-order valence-electron chi connectivity index (χ3n) is 5.23. The van der Waals surface area contributed by atoms with E-state index in [-0.39, 0.29) is 27.8 Å². The van der Waals surface area contributed by atoms with Crippen LogP contribution in [0.4, 0.5) is 14.5 Å². The fourth-order valence-electron chi connectivity index (χ4n) is 3.68. The van der Waals surface area contributed by atoms with Crippen LogP contribution in [0, 0.1) is 17.6 Å². The standard InChI is InChI=1S/C20H19ClF2N2O3S/c21-15-9-12(3-6-16(15)22)24-20(26)14-4-7-17(23)19-13(14)5-8-18(19)25-29(27,28)10-11-1-2-11/h3-4,6-7,9,11,18,25H,1-2,5,8,10H2,(H,24,26)/t18-/m0/s1. The Morgan fingerprint density at radius 3 is 2.52 bits per heavy atom. The van der Waals surface area contributed by atoms with Crippen LogP contribution in [0.3, 0.4) is 0 Å². The summed E-state index contributed by atoms with van der Waals surface area (Å²) in [6, 6.07) is 5.64. The van der Waals surface area contributed by atoms with Gasteiger partial charge in [0.2, 0.25) is 10.0 Å². The molecule has 0 unspecified atom stereocenters. The number of hydrogen-bond donors (Lipinski definition) is 2. The van der Waals surface area contributed by atoms with Gasteiger partial charge >= 0.3 is 0 Å². The van der Waals surface area contributed by atoms with Crippen LogP contribution in [0.1, 0.15) is 46.8 Å². The quantitative estimate of drug-likeness (QED) is 0.707. The van der Waals surface area contributed by atoms with Crippen molar-refractivity contribution in [2.75, 3.05) is 11.1 Å². The Hall–Kier alpha value is -2.03. The molecule has 154 valence electrons. The minimum Gasteiger partial charge on any atom is -0.322 e. The van der Waals surface area contributed by atoms with Gasteiger partial charge in [0.1, 0.15) is 11.6 Å². The van der Waals surface area contributed by atoms with Crippen molar-refractivity contribution < 1.29 is 22.0 Å². The van der Waals surface area contributed by atoms with Crippen LogP contribution in [-0.2, 0) is 16.4 Å². The third kappa shape index (κ3) is 4.44. The number of halogens is 3. The van der Waals surface area contributed by atoms with E-state index >= 15 is 0 Å². The second-order valence-corrected chi connectivity index (χ2v) is 9.71. The number of hydrogen-bond acceptors (Lipinski definition) is 3. The second-order valence-electron chi connectivity index (χ2n) is 7.50. The first kappa shape index (κ1) is 20.3. The molecule has 1 fully saturated rings. The number of carbonyl (C=O) groups excluding carboxylic acids is 1. The second kappa shape index (κ2) is 7.66. The maximum Gasteiger partial charge on any atom is 0.255 e. The van der Waals surface area contributed by atoms with Gasteiger partial charge in [0.15, 0.2) is 0 Å². The van der Waals surface area contributed by atoms with Crippen molar-refractivity contribution in [1.82, 2.24) is 4.72 Å². The van der Waals surface area contributed by atoms with Gasteiger partial charge in [0, 0.05) is 16.8 Å². The predicted molar refractivity (Wildman–Crippen MR) is 106 cm³/mol. The summed E-state index contributed by atoms with van der Waals surface area (Å²) in [4.78, 5) is 12.7. The molecule has 1 amide bonds. The highest BCUT2D eigenvalue weighted by Gasteiger charge is 2.35. The van der Waals surface area contributed by atoms with E-state index < -0.39 is 33.6 Å². The summed E-state index contributed by atoms with van der Waals surface area (Å²) in [7, 11) is -3.52. The molecule has 2 aromatic carbocycles. The monoisotopic (exact) mass is 440 g/mol. The fourth-order valence-corrected chi connectivity index (χ4v) is 5.58. The molecule has 0 heterocycles. The molecule has 5 nitrogen and oxygen atoms in total. The van der Waals surface area contributed by atoms with Crippen molar-refractivity contribution in [3.63, 3.8) is 0 Å². The molecule has 1 saturated carbocycles. The highest BCUT2D eigenvalue weighted by Crippen LogP contribution is 2.37. The normalized spacial score (nSPS) is 18.5. The molecule has 2 aromatic rings. The van der Waals surface area contributed by atoms with Gasteiger partial charge in [0.25, 0.3) is 5.91 Å². The smallest absolute Gasteiger partial charge is 0.255 e. The van der Waals surface area contributed by atoms with E-state index in [1.807, 2.05) is 0 Å². The van der Waals surface area contributed by atoms with Crippen LogP contribution in [0.5, 0.6) is 0 Å². The summed E-state index contributed by atoms with van der Waals surface area (Å²) in [6.45, 7) is 0. The van der Waals surface area contributed by atoms with Crippen LogP contribution in [0.2, 0.25) is 5.02 Å². The Balaban J connectivity index is 1.58. The Bertz CT molecular complexity index is 1090. The highest BCUT2D eigenvalue weighted by atomic mass is 35.5. The largest absolute Gasteiger partial charge is 0.322 e. The average molecular weight is 441 g/mol. The Labute approximate surface area is 172 Å². The maximum atomic E-state index is 14.5. The summed E-state index contributed by atoms with van der Waals surface area (Å²) in [6.07, 6.45) is 2.54. The van der Waals surface area contributed by atoms with Crippen LogP contribution >= 0.6 is 11.6 Å². The van der Waals surface area contributed by atoms with E-state index in [9.17, 15) is 22.0 Å². The van der Waals surface area contributed by atoms with E-state index in [1.54, 1.807) is 0 Å². The van der Waals surface area contributed by atoms with Crippen molar-refractivity contribution in [3.8, 4) is 0 Å². The Morgan fingerprint density at radius 1 is 1.10 bits per heavy atom. The molecule has 0 bridgehead atoms. The zero-order valence-corrected chi connectivity index (χ0v) is 16.9. The van der Waals surface area contributed by atoms with Crippen LogP contribution in [0.15, 0.2) is 30.3 Å². The molecule has 2 N–H and O–H groups in total. The van der Waals surface area contributed by atoms with Crippen LogP contribution in [-0.4, -0.2) is 20.1 Å². The van der Waals surface area contributed by atoms with Gasteiger partial charge in [-0.1, -0.05) is 11.6 Å². The first-order chi connectivity index (χ1) is 13.7. The van der Waals surface area contributed by atoms with E-state index in [0.29, 0.717) is 24.1 Å². The number of benzene rings is 2. The number of nitrogens with one attached hydrogen (secondary N) is 2.